The molecule has 0 saturated heterocycles. The number of nitrogens with zero attached hydrogens (tertiary/aromatic N) is 1. The fraction of sp³-hybridized carbons (Fsp3) is 0.333. The van der Waals surface area contributed by atoms with Crippen molar-refractivity contribution in [1.82, 2.24) is 10.6 Å². The zero-order valence-electron chi connectivity index (χ0n) is 21.0. The van der Waals surface area contributed by atoms with Crippen LogP contribution >= 0.6 is 0 Å². The molecule has 3 aromatic carbocycles. The molecule has 1 aliphatic carbocycles. The molecule has 0 aromatic heterocycles. The van der Waals surface area contributed by atoms with E-state index in [0.29, 0.717) is 5.92 Å². The van der Waals surface area contributed by atoms with Gasteiger partial charge >= 0.3 is 0 Å². The lowest BCUT2D eigenvalue weighted by Gasteiger charge is -2.31. The highest BCUT2D eigenvalue weighted by molar-refractivity contribution is 5.92. The van der Waals surface area contributed by atoms with Gasteiger partial charge in [0.05, 0.1) is 10.8 Å². The zero-order chi connectivity index (χ0) is 26.2. The molecule has 192 valence electrons. The van der Waals surface area contributed by atoms with E-state index in [0.717, 1.165) is 42.4 Å². The van der Waals surface area contributed by atoms with Gasteiger partial charge in [-0.2, -0.15) is 0 Å². The monoisotopic (exact) mass is 499 g/mol. The highest BCUT2D eigenvalue weighted by atomic mass is 16.6. The number of nitrogens with one attached hydrogen (secondary N) is 2. The lowest BCUT2D eigenvalue weighted by atomic mass is 9.85. The van der Waals surface area contributed by atoms with E-state index in [4.69, 9.17) is 0 Å². The van der Waals surface area contributed by atoms with E-state index in [9.17, 15) is 19.7 Å². The predicted molar refractivity (Wildman–Crippen MR) is 143 cm³/mol. The summed E-state index contributed by atoms with van der Waals surface area (Å²) in [6.45, 7) is 2.15. The van der Waals surface area contributed by atoms with Gasteiger partial charge < -0.3 is 10.6 Å². The Balaban J connectivity index is 1.60. The summed E-state index contributed by atoms with van der Waals surface area (Å²) in [5.74, 6) is -0.709. The Kier molecular flexibility index (Phi) is 8.67. The summed E-state index contributed by atoms with van der Waals surface area (Å²) in [6.07, 6.45) is 4.44. The molecule has 2 N–H and O–H groups in total. The van der Waals surface area contributed by atoms with Gasteiger partial charge in [0.2, 0.25) is 11.8 Å². The van der Waals surface area contributed by atoms with Crippen LogP contribution in [0.4, 0.5) is 5.69 Å². The van der Waals surface area contributed by atoms with Crippen molar-refractivity contribution in [2.75, 3.05) is 0 Å². The molecular formula is C30H33N3O4. The first-order valence-electron chi connectivity index (χ1n) is 12.9. The van der Waals surface area contributed by atoms with Crippen LogP contribution in [0.3, 0.4) is 0 Å². The van der Waals surface area contributed by atoms with Crippen molar-refractivity contribution in [3.8, 4) is 0 Å². The van der Waals surface area contributed by atoms with Crippen molar-refractivity contribution < 1.29 is 14.5 Å². The third-order valence-corrected chi connectivity index (χ3v) is 7.19. The largest absolute Gasteiger partial charge is 0.351 e. The number of non-ortho nitro benzene ring substituents is 1. The highest BCUT2D eigenvalue weighted by Crippen LogP contribution is 2.26. The Morgan fingerprint density at radius 2 is 1.43 bits per heavy atom. The fourth-order valence-electron chi connectivity index (χ4n) is 5.05. The van der Waals surface area contributed by atoms with Crippen molar-refractivity contribution in [2.45, 2.75) is 57.0 Å². The standard InChI is InChI=1S/C30H33N3O4/c1-21-10-8-9-15-26(21)31-29(34)27(20-22-16-18-25(19-17-22)33(36)37)32-30(35)28(23-11-4-2-5-12-23)24-13-6-3-7-14-24/h2-7,11-14,16-19,21,26-28H,8-10,15,20H2,1H3,(H,31,34)(H,32,35)/t21-,26-,27+/m1/s1. The predicted octanol–water partition coefficient (Wildman–Crippen LogP) is 5.15. The van der Waals surface area contributed by atoms with E-state index in [2.05, 4.69) is 17.6 Å². The number of carbonyl (C=O) groups excluding carboxylic acids is 2. The van der Waals surface area contributed by atoms with Crippen LogP contribution in [0.15, 0.2) is 84.9 Å². The minimum Gasteiger partial charge on any atom is -0.351 e. The maximum absolute atomic E-state index is 13.8. The first kappa shape index (κ1) is 26.1. The van der Waals surface area contributed by atoms with Crippen LogP contribution in [0.2, 0.25) is 0 Å². The van der Waals surface area contributed by atoms with Crippen LogP contribution in [-0.2, 0) is 16.0 Å². The SMILES string of the molecule is C[C@@H]1CCCC[C@H]1NC(=O)[C@H](Cc1ccc([N+](=O)[O-])cc1)NC(=O)C(c1ccccc1)c1ccccc1. The van der Waals surface area contributed by atoms with Crippen molar-refractivity contribution in [3.63, 3.8) is 0 Å². The van der Waals surface area contributed by atoms with Gasteiger partial charge in [-0.25, -0.2) is 0 Å². The second kappa shape index (κ2) is 12.3. The average Bonchev–Trinajstić information content (AvgIpc) is 2.91. The van der Waals surface area contributed by atoms with Crippen molar-refractivity contribution >= 4 is 17.5 Å². The molecule has 0 unspecified atom stereocenters. The van der Waals surface area contributed by atoms with E-state index in [-0.39, 0.29) is 30.0 Å². The highest BCUT2D eigenvalue weighted by Gasteiger charge is 2.31. The smallest absolute Gasteiger partial charge is 0.269 e. The molecule has 0 heterocycles. The summed E-state index contributed by atoms with van der Waals surface area (Å²) in [6, 6.07) is 24.4. The third-order valence-electron chi connectivity index (χ3n) is 7.19. The molecule has 0 radical (unpaired) electrons. The first-order valence-corrected chi connectivity index (χ1v) is 12.9. The van der Waals surface area contributed by atoms with Crippen LogP contribution < -0.4 is 10.6 Å². The Hall–Kier alpha value is -4.00. The van der Waals surface area contributed by atoms with Gasteiger partial charge in [0.1, 0.15) is 6.04 Å². The topological polar surface area (TPSA) is 101 Å². The molecule has 0 spiro atoms. The van der Waals surface area contributed by atoms with Crippen LogP contribution in [0.5, 0.6) is 0 Å². The van der Waals surface area contributed by atoms with Crippen molar-refractivity contribution in [2.24, 2.45) is 5.92 Å². The quantitative estimate of drug-likeness (QED) is 0.314. The second-order valence-electron chi connectivity index (χ2n) is 9.82. The van der Waals surface area contributed by atoms with Gasteiger partial charge in [-0.3, -0.25) is 19.7 Å². The molecule has 0 aliphatic heterocycles. The van der Waals surface area contributed by atoms with Crippen molar-refractivity contribution in [3.05, 3.63) is 112 Å². The number of rotatable bonds is 9. The Morgan fingerprint density at radius 3 is 1.97 bits per heavy atom. The molecule has 3 aromatic rings. The number of hydrogen-bond acceptors (Lipinski definition) is 4. The van der Waals surface area contributed by atoms with Gasteiger partial charge in [0.15, 0.2) is 0 Å². The molecule has 7 nitrogen and oxygen atoms in total. The van der Waals surface area contributed by atoms with Gasteiger partial charge in [-0.1, -0.05) is 92.6 Å². The average molecular weight is 500 g/mol. The minimum atomic E-state index is -0.821. The number of nitro groups is 1. The first-order chi connectivity index (χ1) is 17.9. The summed E-state index contributed by atoms with van der Waals surface area (Å²) >= 11 is 0. The number of hydrogen-bond donors (Lipinski definition) is 2. The zero-order valence-corrected chi connectivity index (χ0v) is 21.0. The molecule has 7 heteroatoms. The number of amides is 2. The molecule has 0 bridgehead atoms. The summed E-state index contributed by atoms with van der Waals surface area (Å²) in [5, 5.41) is 17.3. The number of carbonyl (C=O) groups is 2. The molecule has 1 fully saturated rings. The van der Waals surface area contributed by atoms with Crippen LogP contribution in [0.25, 0.3) is 0 Å². The number of benzene rings is 3. The Bertz CT molecular complexity index is 1160. The van der Waals surface area contributed by atoms with E-state index in [1.807, 2.05) is 60.7 Å². The van der Waals surface area contributed by atoms with Gasteiger partial charge in [0, 0.05) is 24.6 Å². The summed E-state index contributed by atoms with van der Waals surface area (Å²) < 4.78 is 0. The molecular weight excluding hydrogens is 466 g/mol. The van der Waals surface area contributed by atoms with Gasteiger partial charge in [-0.05, 0) is 35.4 Å². The molecule has 3 atom stereocenters. The van der Waals surface area contributed by atoms with E-state index in [1.165, 1.54) is 12.1 Å². The minimum absolute atomic E-state index is 0.0157. The second-order valence-corrected chi connectivity index (χ2v) is 9.82. The Labute approximate surface area is 217 Å². The lowest BCUT2D eigenvalue weighted by molar-refractivity contribution is -0.384. The molecule has 37 heavy (non-hydrogen) atoms. The Morgan fingerprint density at radius 1 is 0.865 bits per heavy atom. The fourth-order valence-corrected chi connectivity index (χ4v) is 5.05. The molecule has 2 amide bonds. The summed E-state index contributed by atoms with van der Waals surface area (Å²) in [4.78, 5) is 37.9. The van der Waals surface area contributed by atoms with E-state index < -0.39 is 16.9 Å². The van der Waals surface area contributed by atoms with Crippen LogP contribution in [0.1, 0.15) is 55.2 Å². The normalized spacial score (nSPS) is 18.1. The summed E-state index contributed by atoms with van der Waals surface area (Å²) in [7, 11) is 0. The van der Waals surface area contributed by atoms with Gasteiger partial charge in [0.25, 0.3) is 5.69 Å². The van der Waals surface area contributed by atoms with E-state index in [1.54, 1.807) is 12.1 Å². The third kappa shape index (κ3) is 6.82. The van der Waals surface area contributed by atoms with Gasteiger partial charge in [-0.15, -0.1) is 0 Å². The van der Waals surface area contributed by atoms with Crippen LogP contribution in [0, 0.1) is 16.0 Å². The van der Waals surface area contributed by atoms with E-state index >= 15 is 0 Å². The molecule has 4 rings (SSSR count). The maximum Gasteiger partial charge on any atom is 0.269 e. The number of nitro benzene ring substituents is 1. The van der Waals surface area contributed by atoms with Crippen molar-refractivity contribution in [1.29, 1.82) is 0 Å². The maximum atomic E-state index is 13.8. The lowest BCUT2D eigenvalue weighted by Crippen LogP contribution is -2.53. The van der Waals surface area contributed by atoms with Crippen LogP contribution in [-0.4, -0.2) is 28.8 Å². The molecule has 1 saturated carbocycles. The summed E-state index contributed by atoms with van der Waals surface area (Å²) in [5.41, 5.74) is 2.39. The molecule has 1 aliphatic rings.